The fourth-order valence-electron chi connectivity index (χ4n) is 0.797. The number of nitrogens with zero attached hydrogens (tertiary/aromatic N) is 1. The summed E-state index contributed by atoms with van der Waals surface area (Å²) in [5, 5.41) is 10.6. The predicted octanol–water partition coefficient (Wildman–Crippen LogP) is 2.44. The van der Waals surface area contributed by atoms with Gasteiger partial charge < -0.3 is 5.21 Å². The Labute approximate surface area is 84.6 Å². The molecule has 0 radical (unpaired) electrons. The van der Waals surface area contributed by atoms with Crippen molar-refractivity contribution >= 4 is 33.6 Å². The molecule has 0 atom stereocenters. The fraction of sp³-hybridized carbons (Fsp3) is 0. The van der Waals surface area contributed by atoms with Crippen molar-refractivity contribution in [3.63, 3.8) is 0 Å². The minimum Gasteiger partial charge on any atom is -0.410 e. The minimum atomic E-state index is -0.538. The van der Waals surface area contributed by atoms with Crippen LogP contribution in [0, 0.1) is 0 Å². The molecule has 0 unspecified atom stereocenters. The third-order valence-corrected chi connectivity index (χ3v) is 1.95. The second kappa shape index (κ2) is 4.25. The van der Waals surface area contributed by atoms with E-state index in [-0.39, 0.29) is 5.17 Å². The number of halogens is 2. The van der Waals surface area contributed by atoms with Gasteiger partial charge in [-0.2, -0.15) is 0 Å². The average molecular weight is 218 g/mol. The predicted molar refractivity (Wildman–Crippen MR) is 50.8 cm³/mol. The van der Waals surface area contributed by atoms with Crippen molar-refractivity contribution in [2.24, 2.45) is 5.16 Å². The summed E-state index contributed by atoms with van der Waals surface area (Å²) in [4.78, 5) is 10.6. The summed E-state index contributed by atoms with van der Waals surface area (Å²) < 4.78 is 0. The fourth-order valence-corrected chi connectivity index (χ4v) is 1.05. The van der Waals surface area contributed by atoms with Crippen LogP contribution in [0.4, 0.5) is 0 Å². The Morgan fingerprint density at radius 1 is 1.15 bits per heavy atom. The lowest BCUT2D eigenvalue weighted by atomic mass is 10.2. The van der Waals surface area contributed by atoms with Crippen LogP contribution in [-0.2, 0) is 0 Å². The van der Waals surface area contributed by atoms with Gasteiger partial charge in [-0.25, -0.2) is 0 Å². The van der Waals surface area contributed by atoms with Gasteiger partial charge in [-0.15, -0.1) is 0 Å². The molecule has 0 aromatic heterocycles. The Bertz CT molecular complexity index is 346. The lowest BCUT2D eigenvalue weighted by Crippen LogP contribution is -1.93. The Morgan fingerprint density at radius 2 is 1.62 bits per heavy atom. The normalized spacial score (nSPS) is 11.4. The molecular formula is C8H5Cl2NO2. The third-order valence-electron chi connectivity index (χ3n) is 1.44. The Morgan fingerprint density at radius 3 is 2.00 bits per heavy atom. The molecular weight excluding hydrogens is 213 g/mol. The largest absolute Gasteiger partial charge is 0.410 e. The van der Waals surface area contributed by atoms with Crippen molar-refractivity contribution in [1.29, 1.82) is 0 Å². The molecule has 3 nitrogen and oxygen atoms in total. The topological polar surface area (TPSA) is 49.7 Å². The van der Waals surface area contributed by atoms with Crippen LogP contribution in [0.2, 0.25) is 0 Å². The Balaban J connectivity index is 3.00. The maximum Gasteiger partial charge on any atom is 0.252 e. The lowest BCUT2D eigenvalue weighted by Gasteiger charge is -1.96. The van der Waals surface area contributed by atoms with Crippen molar-refractivity contribution < 1.29 is 10.0 Å². The van der Waals surface area contributed by atoms with Gasteiger partial charge in [-0.3, -0.25) is 4.79 Å². The van der Waals surface area contributed by atoms with E-state index in [2.05, 4.69) is 5.16 Å². The van der Waals surface area contributed by atoms with Gasteiger partial charge in [0.25, 0.3) is 5.24 Å². The summed E-state index contributed by atoms with van der Waals surface area (Å²) in [5.41, 5.74) is 0.888. The maximum absolute atomic E-state index is 10.6. The number of oxime groups is 1. The minimum absolute atomic E-state index is 0.0337. The van der Waals surface area contributed by atoms with Gasteiger partial charge in [0.15, 0.2) is 5.17 Å². The van der Waals surface area contributed by atoms with Gasteiger partial charge in [0, 0.05) is 11.1 Å². The number of hydrogen-bond donors (Lipinski definition) is 1. The molecule has 0 amide bonds. The van der Waals surface area contributed by atoms with Crippen LogP contribution in [-0.4, -0.2) is 15.6 Å². The molecule has 1 aromatic carbocycles. The van der Waals surface area contributed by atoms with Crippen LogP contribution in [0.25, 0.3) is 0 Å². The first kappa shape index (κ1) is 10.0. The zero-order valence-electron chi connectivity index (χ0n) is 6.37. The third kappa shape index (κ3) is 2.44. The zero-order valence-corrected chi connectivity index (χ0v) is 7.88. The van der Waals surface area contributed by atoms with E-state index in [1.807, 2.05) is 0 Å². The van der Waals surface area contributed by atoms with Gasteiger partial charge in [0.2, 0.25) is 0 Å². The number of hydrogen-bond acceptors (Lipinski definition) is 3. The highest BCUT2D eigenvalue weighted by Crippen LogP contribution is 2.09. The molecule has 1 N–H and O–H groups in total. The lowest BCUT2D eigenvalue weighted by molar-refractivity contribution is 0.108. The van der Waals surface area contributed by atoms with Crippen molar-refractivity contribution in [2.45, 2.75) is 0 Å². The summed E-state index contributed by atoms with van der Waals surface area (Å²) in [6, 6.07) is 6.08. The summed E-state index contributed by atoms with van der Waals surface area (Å²) in [6.45, 7) is 0. The molecule has 1 rings (SSSR count). The second-order valence-electron chi connectivity index (χ2n) is 2.24. The molecule has 0 saturated carbocycles. The first-order valence-electron chi connectivity index (χ1n) is 3.33. The van der Waals surface area contributed by atoms with Gasteiger partial charge >= 0.3 is 0 Å². The molecule has 0 aliphatic rings. The Kier molecular flexibility index (Phi) is 3.28. The van der Waals surface area contributed by atoms with E-state index in [0.717, 1.165) is 0 Å². The molecule has 1 aromatic rings. The van der Waals surface area contributed by atoms with Crippen LogP contribution in [0.15, 0.2) is 29.4 Å². The van der Waals surface area contributed by atoms with E-state index >= 15 is 0 Å². The molecule has 13 heavy (non-hydrogen) atoms. The maximum atomic E-state index is 10.6. The van der Waals surface area contributed by atoms with Crippen LogP contribution >= 0.6 is 23.2 Å². The van der Waals surface area contributed by atoms with Gasteiger partial charge in [0.1, 0.15) is 0 Å². The van der Waals surface area contributed by atoms with Crippen LogP contribution in [0.3, 0.4) is 0 Å². The first-order chi connectivity index (χ1) is 6.15. The van der Waals surface area contributed by atoms with E-state index in [4.69, 9.17) is 28.4 Å². The summed E-state index contributed by atoms with van der Waals surface area (Å²) in [5.74, 6) is 0. The smallest absolute Gasteiger partial charge is 0.252 e. The highest BCUT2D eigenvalue weighted by atomic mass is 35.5. The Hall–Kier alpha value is -1.06. The summed E-state index contributed by atoms with van der Waals surface area (Å²) in [6.07, 6.45) is 0. The first-order valence-corrected chi connectivity index (χ1v) is 4.08. The van der Waals surface area contributed by atoms with E-state index in [9.17, 15) is 4.79 Å². The van der Waals surface area contributed by atoms with Crippen molar-refractivity contribution in [3.8, 4) is 0 Å². The quantitative estimate of drug-likeness (QED) is 0.358. The van der Waals surface area contributed by atoms with Gasteiger partial charge in [-0.1, -0.05) is 28.9 Å². The molecule has 0 fully saturated rings. The summed E-state index contributed by atoms with van der Waals surface area (Å²) in [7, 11) is 0. The zero-order chi connectivity index (χ0) is 9.84. The van der Waals surface area contributed by atoms with Crippen LogP contribution < -0.4 is 0 Å². The van der Waals surface area contributed by atoms with Gasteiger partial charge in [-0.05, 0) is 23.7 Å². The number of carbonyl (C=O) groups excluding carboxylic acids is 1. The molecule has 0 heterocycles. The van der Waals surface area contributed by atoms with Crippen molar-refractivity contribution in [1.82, 2.24) is 0 Å². The molecule has 0 spiro atoms. The second-order valence-corrected chi connectivity index (χ2v) is 2.94. The molecule has 0 aliphatic carbocycles. The number of benzene rings is 1. The van der Waals surface area contributed by atoms with E-state index < -0.39 is 5.24 Å². The highest BCUT2D eigenvalue weighted by Gasteiger charge is 2.03. The molecule has 0 bridgehead atoms. The number of carbonyl (C=O) groups is 1. The molecule has 68 valence electrons. The highest BCUT2D eigenvalue weighted by molar-refractivity contribution is 6.69. The van der Waals surface area contributed by atoms with E-state index in [1.54, 1.807) is 0 Å². The van der Waals surface area contributed by atoms with Crippen molar-refractivity contribution in [3.05, 3.63) is 35.4 Å². The van der Waals surface area contributed by atoms with E-state index in [1.165, 1.54) is 24.3 Å². The standard InChI is InChI=1S/C8H5Cl2NO2/c9-7(11-13)5-1-3-6(4-2-5)8(10)12/h1-4,13H/b11-7+. The molecule has 0 saturated heterocycles. The van der Waals surface area contributed by atoms with Crippen LogP contribution in [0.5, 0.6) is 0 Å². The molecule has 0 aliphatic heterocycles. The SMILES string of the molecule is O=C(Cl)c1ccc(/C(Cl)=N\O)cc1. The average Bonchev–Trinajstić information content (AvgIpc) is 2.17. The monoisotopic (exact) mass is 217 g/mol. The van der Waals surface area contributed by atoms with E-state index in [0.29, 0.717) is 11.1 Å². The molecule has 5 heteroatoms. The number of rotatable bonds is 2. The summed E-state index contributed by atoms with van der Waals surface area (Å²) >= 11 is 10.7. The van der Waals surface area contributed by atoms with Crippen LogP contribution in [0.1, 0.15) is 15.9 Å². The van der Waals surface area contributed by atoms with Gasteiger partial charge in [0.05, 0.1) is 0 Å². The van der Waals surface area contributed by atoms with Crippen molar-refractivity contribution in [2.75, 3.05) is 0 Å².